The summed E-state index contributed by atoms with van der Waals surface area (Å²) >= 11 is 11.9. The molecule has 0 heterocycles. The van der Waals surface area contributed by atoms with E-state index in [9.17, 15) is 4.79 Å². The fourth-order valence-corrected chi connectivity index (χ4v) is 2.26. The minimum absolute atomic E-state index is 0.0681. The molecule has 2 rings (SSSR count). The molecule has 0 aliphatic heterocycles. The first-order valence-electron chi connectivity index (χ1n) is 7.26. The highest BCUT2D eigenvalue weighted by molar-refractivity contribution is 6.33. The van der Waals surface area contributed by atoms with Gasteiger partial charge in [0.1, 0.15) is 0 Å². The number of anilines is 1. The Kier molecular flexibility index (Phi) is 6.91. The molecule has 2 aromatic carbocycles. The summed E-state index contributed by atoms with van der Waals surface area (Å²) in [6.45, 7) is 0.0681. The number of ether oxygens (including phenoxy) is 2. The Morgan fingerprint density at radius 1 is 1.12 bits per heavy atom. The highest BCUT2D eigenvalue weighted by Gasteiger charge is 2.08. The van der Waals surface area contributed by atoms with E-state index in [0.717, 1.165) is 5.69 Å². The molecule has 2 N–H and O–H groups in total. The number of halogens is 2. The monoisotopic (exact) mass is 381 g/mol. The van der Waals surface area contributed by atoms with Crippen LogP contribution in [0.1, 0.15) is 5.56 Å². The van der Waals surface area contributed by atoms with E-state index in [1.54, 1.807) is 36.4 Å². The summed E-state index contributed by atoms with van der Waals surface area (Å²) in [6, 6.07) is 10.3. The Hall–Kier alpha value is -2.44. The summed E-state index contributed by atoms with van der Waals surface area (Å²) in [5, 5.41) is 7.91. The average Bonchev–Trinajstić information content (AvgIpc) is 2.62. The number of carbonyl (C=O) groups excluding carboxylic acids is 1. The number of hydrazone groups is 1. The van der Waals surface area contributed by atoms with Crippen LogP contribution >= 0.6 is 23.2 Å². The van der Waals surface area contributed by atoms with E-state index in [2.05, 4.69) is 15.8 Å². The number of methoxy groups -OCH3 is 2. The molecule has 2 aromatic rings. The number of carbonyl (C=O) groups is 1. The lowest BCUT2D eigenvalue weighted by molar-refractivity contribution is -0.119. The van der Waals surface area contributed by atoms with Crippen LogP contribution in [0, 0.1) is 0 Å². The van der Waals surface area contributed by atoms with Crippen molar-refractivity contribution in [3.8, 4) is 11.5 Å². The van der Waals surface area contributed by atoms with Crippen molar-refractivity contribution in [2.45, 2.75) is 0 Å². The molecule has 0 atom stereocenters. The largest absolute Gasteiger partial charge is 0.493 e. The molecule has 0 saturated carbocycles. The van der Waals surface area contributed by atoms with Gasteiger partial charge in [0.05, 0.1) is 32.0 Å². The Balaban J connectivity index is 1.91. The molecule has 25 heavy (non-hydrogen) atoms. The second-order valence-electron chi connectivity index (χ2n) is 4.88. The van der Waals surface area contributed by atoms with Crippen molar-refractivity contribution in [1.82, 2.24) is 5.43 Å². The van der Waals surface area contributed by atoms with Crippen molar-refractivity contribution in [3.63, 3.8) is 0 Å². The van der Waals surface area contributed by atoms with Gasteiger partial charge < -0.3 is 14.8 Å². The van der Waals surface area contributed by atoms with Crippen LogP contribution < -0.4 is 20.2 Å². The zero-order valence-corrected chi connectivity index (χ0v) is 15.2. The van der Waals surface area contributed by atoms with Crippen LogP contribution in [-0.4, -0.2) is 32.9 Å². The molecule has 0 aromatic heterocycles. The molecule has 0 spiro atoms. The molecule has 0 unspecified atom stereocenters. The fraction of sp³-hybridized carbons (Fsp3) is 0.176. The van der Waals surface area contributed by atoms with Gasteiger partial charge in [-0.3, -0.25) is 4.79 Å². The Bertz CT molecular complexity index is 764. The quantitative estimate of drug-likeness (QED) is 0.567. The molecule has 0 saturated heterocycles. The second kappa shape index (κ2) is 9.15. The van der Waals surface area contributed by atoms with Crippen LogP contribution in [0.3, 0.4) is 0 Å². The standard InChI is InChI=1S/C17H17Cl2N3O3/c1-24-15-7-11(14(19)8-16(15)25-2)9-21-22-17(23)10-20-13-5-3-12(18)4-6-13/h3-9,20H,10H2,1-2H3,(H,22,23)/b21-9-. The van der Waals surface area contributed by atoms with Crippen LogP contribution in [0.25, 0.3) is 0 Å². The number of nitrogens with zero attached hydrogens (tertiary/aromatic N) is 1. The summed E-state index contributed by atoms with van der Waals surface area (Å²) in [7, 11) is 3.05. The summed E-state index contributed by atoms with van der Waals surface area (Å²) in [5.41, 5.74) is 3.79. The van der Waals surface area contributed by atoms with E-state index in [4.69, 9.17) is 32.7 Å². The Labute approximate surface area is 155 Å². The topological polar surface area (TPSA) is 72.0 Å². The third-order valence-electron chi connectivity index (χ3n) is 3.19. The van der Waals surface area contributed by atoms with Gasteiger partial charge in [-0.15, -0.1) is 0 Å². The molecular weight excluding hydrogens is 365 g/mol. The maximum Gasteiger partial charge on any atom is 0.259 e. The first kappa shape index (κ1) is 18.9. The van der Waals surface area contributed by atoms with Gasteiger partial charge in [0.25, 0.3) is 5.91 Å². The third-order valence-corrected chi connectivity index (χ3v) is 3.77. The van der Waals surface area contributed by atoms with Gasteiger partial charge in [0, 0.05) is 22.3 Å². The number of amides is 1. The number of hydrogen-bond donors (Lipinski definition) is 2. The van der Waals surface area contributed by atoms with Crippen LogP contribution in [0.5, 0.6) is 11.5 Å². The third kappa shape index (κ3) is 5.55. The zero-order valence-electron chi connectivity index (χ0n) is 13.7. The summed E-state index contributed by atoms with van der Waals surface area (Å²) < 4.78 is 10.4. The Morgan fingerprint density at radius 2 is 1.76 bits per heavy atom. The van der Waals surface area contributed by atoms with E-state index in [1.165, 1.54) is 20.4 Å². The maximum atomic E-state index is 11.8. The lowest BCUT2D eigenvalue weighted by atomic mass is 10.2. The van der Waals surface area contributed by atoms with Crippen molar-refractivity contribution in [2.24, 2.45) is 5.10 Å². The molecule has 1 amide bonds. The van der Waals surface area contributed by atoms with Crippen LogP contribution in [0.4, 0.5) is 5.69 Å². The van der Waals surface area contributed by atoms with Crippen molar-refractivity contribution >= 4 is 41.0 Å². The predicted molar refractivity (Wildman–Crippen MR) is 100 cm³/mol. The highest BCUT2D eigenvalue weighted by atomic mass is 35.5. The fourth-order valence-electron chi connectivity index (χ4n) is 1.93. The van der Waals surface area contributed by atoms with Crippen molar-refractivity contribution < 1.29 is 14.3 Å². The van der Waals surface area contributed by atoms with Gasteiger partial charge in [-0.1, -0.05) is 23.2 Å². The minimum Gasteiger partial charge on any atom is -0.493 e. The first-order valence-corrected chi connectivity index (χ1v) is 8.02. The van der Waals surface area contributed by atoms with Crippen molar-refractivity contribution in [1.29, 1.82) is 0 Å². The van der Waals surface area contributed by atoms with E-state index in [0.29, 0.717) is 27.1 Å². The highest BCUT2D eigenvalue weighted by Crippen LogP contribution is 2.32. The van der Waals surface area contributed by atoms with Crippen molar-refractivity contribution in [3.05, 3.63) is 52.0 Å². The molecular formula is C17H17Cl2N3O3. The number of benzene rings is 2. The van der Waals surface area contributed by atoms with Gasteiger partial charge in [-0.2, -0.15) is 5.10 Å². The van der Waals surface area contributed by atoms with E-state index in [-0.39, 0.29) is 12.5 Å². The lowest BCUT2D eigenvalue weighted by Gasteiger charge is -2.09. The van der Waals surface area contributed by atoms with Crippen LogP contribution in [0.2, 0.25) is 10.0 Å². The minimum atomic E-state index is -0.303. The smallest absolute Gasteiger partial charge is 0.259 e. The molecule has 132 valence electrons. The van der Waals surface area contributed by atoms with Crippen molar-refractivity contribution in [2.75, 3.05) is 26.1 Å². The van der Waals surface area contributed by atoms with E-state index >= 15 is 0 Å². The summed E-state index contributed by atoms with van der Waals surface area (Å²) in [5.74, 6) is 0.729. The van der Waals surface area contributed by atoms with Gasteiger partial charge in [0.15, 0.2) is 11.5 Å². The van der Waals surface area contributed by atoms with E-state index in [1.807, 2.05) is 0 Å². The number of nitrogens with one attached hydrogen (secondary N) is 2. The second-order valence-corrected chi connectivity index (χ2v) is 5.73. The lowest BCUT2D eigenvalue weighted by Crippen LogP contribution is -2.25. The SMILES string of the molecule is COc1cc(Cl)c(/C=N\NC(=O)CNc2ccc(Cl)cc2)cc1OC. The van der Waals surface area contributed by atoms with Crippen LogP contribution in [-0.2, 0) is 4.79 Å². The number of rotatable bonds is 7. The predicted octanol–water partition coefficient (Wildman–Crippen LogP) is 3.57. The molecule has 0 aliphatic rings. The van der Waals surface area contributed by atoms with E-state index < -0.39 is 0 Å². The molecule has 6 nitrogen and oxygen atoms in total. The molecule has 0 aliphatic carbocycles. The van der Waals surface area contributed by atoms with Gasteiger partial charge >= 0.3 is 0 Å². The average molecular weight is 382 g/mol. The molecule has 0 radical (unpaired) electrons. The normalized spacial score (nSPS) is 10.6. The first-order chi connectivity index (χ1) is 12.0. The summed E-state index contributed by atoms with van der Waals surface area (Å²) in [6.07, 6.45) is 1.44. The van der Waals surface area contributed by atoms with Gasteiger partial charge in [-0.25, -0.2) is 5.43 Å². The number of hydrogen-bond acceptors (Lipinski definition) is 5. The van der Waals surface area contributed by atoms with Gasteiger partial charge in [-0.05, 0) is 30.3 Å². The Morgan fingerprint density at radius 3 is 2.40 bits per heavy atom. The van der Waals surface area contributed by atoms with Gasteiger partial charge in [0.2, 0.25) is 0 Å². The molecule has 0 bridgehead atoms. The maximum absolute atomic E-state index is 11.8. The summed E-state index contributed by atoms with van der Waals surface area (Å²) in [4.78, 5) is 11.8. The van der Waals surface area contributed by atoms with Crippen LogP contribution in [0.15, 0.2) is 41.5 Å². The molecule has 8 heteroatoms. The molecule has 0 fully saturated rings. The zero-order chi connectivity index (χ0) is 18.2.